The van der Waals surface area contributed by atoms with E-state index >= 15 is 0 Å². The van der Waals surface area contributed by atoms with Crippen LogP contribution in [0.3, 0.4) is 0 Å². The van der Waals surface area contributed by atoms with E-state index in [1.807, 2.05) is 37.3 Å². The Hall–Kier alpha value is -2.36. The second-order valence-electron chi connectivity index (χ2n) is 9.00. The van der Waals surface area contributed by atoms with Crippen molar-refractivity contribution in [3.63, 3.8) is 0 Å². The van der Waals surface area contributed by atoms with Crippen molar-refractivity contribution in [2.75, 3.05) is 6.54 Å². The first-order chi connectivity index (χ1) is 14.6. The number of carbonyl (C=O) groups excluding carboxylic acids is 1. The van der Waals surface area contributed by atoms with Crippen molar-refractivity contribution in [3.05, 3.63) is 52.1 Å². The molecule has 3 rings (SSSR count). The zero-order chi connectivity index (χ0) is 22.6. The van der Waals surface area contributed by atoms with Gasteiger partial charge in [0.1, 0.15) is 10.0 Å². The van der Waals surface area contributed by atoms with Gasteiger partial charge in [-0.1, -0.05) is 67.6 Å². The zero-order valence-corrected chi connectivity index (χ0v) is 20.7. The first kappa shape index (κ1) is 23.3. The van der Waals surface area contributed by atoms with Crippen molar-refractivity contribution >= 4 is 25.6 Å². The van der Waals surface area contributed by atoms with Crippen molar-refractivity contribution < 1.29 is 13.7 Å². The van der Waals surface area contributed by atoms with Crippen LogP contribution in [-0.4, -0.2) is 36.1 Å². The fourth-order valence-electron chi connectivity index (χ4n) is 2.70. The molecule has 0 saturated carbocycles. The van der Waals surface area contributed by atoms with E-state index < -0.39 is 8.32 Å². The molecule has 9 heteroatoms. The van der Waals surface area contributed by atoms with Gasteiger partial charge >= 0.3 is 0 Å². The monoisotopic (exact) mass is 458 g/mol. The molecule has 31 heavy (non-hydrogen) atoms. The number of nitrogens with one attached hydrogen (secondary N) is 1. The van der Waals surface area contributed by atoms with Gasteiger partial charge in [-0.15, -0.1) is 10.2 Å². The van der Waals surface area contributed by atoms with E-state index in [1.54, 1.807) is 6.07 Å². The SMILES string of the molecule is C[C@@H](O[Si](C)(C)C(C)(C)C)c1nnc(CCNC(=O)c2cc(-c3ccccc3)on2)s1. The van der Waals surface area contributed by atoms with Crippen LogP contribution in [0.4, 0.5) is 0 Å². The number of carbonyl (C=O) groups is 1. The Balaban J connectivity index is 1.51. The molecule has 1 aromatic carbocycles. The molecular weight excluding hydrogens is 428 g/mol. The zero-order valence-electron chi connectivity index (χ0n) is 18.9. The summed E-state index contributed by atoms with van der Waals surface area (Å²) in [6.45, 7) is 13.6. The van der Waals surface area contributed by atoms with Gasteiger partial charge in [-0.25, -0.2) is 0 Å². The first-order valence-electron chi connectivity index (χ1n) is 10.4. The van der Waals surface area contributed by atoms with Crippen LogP contribution >= 0.6 is 11.3 Å². The van der Waals surface area contributed by atoms with E-state index in [1.165, 1.54) is 11.3 Å². The maximum Gasteiger partial charge on any atom is 0.273 e. The molecule has 0 bridgehead atoms. The summed E-state index contributed by atoms with van der Waals surface area (Å²) in [6, 6.07) is 11.2. The molecular formula is C22H30N4O3SSi. The molecule has 0 spiro atoms. The van der Waals surface area contributed by atoms with Crippen LogP contribution in [0.2, 0.25) is 18.1 Å². The van der Waals surface area contributed by atoms with Gasteiger partial charge in [0.2, 0.25) is 0 Å². The molecule has 1 atom stereocenters. The maximum absolute atomic E-state index is 12.4. The van der Waals surface area contributed by atoms with Crippen LogP contribution < -0.4 is 5.32 Å². The molecule has 3 aromatic rings. The topological polar surface area (TPSA) is 90.1 Å². The molecule has 166 valence electrons. The fraction of sp³-hybridized carbons (Fsp3) is 0.455. The molecule has 1 amide bonds. The Morgan fingerprint density at radius 1 is 1.23 bits per heavy atom. The first-order valence-corrected chi connectivity index (χ1v) is 14.1. The number of nitrogens with zero attached hydrogens (tertiary/aromatic N) is 3. The van der Waals surface area contributed by atoms with Crippen molar-refractivity contribution in [1.29, 1.82) is 0 Å². The van der Waals surface area contributed by atoms with E-state index in [0.717, 1.165) is 15.6 Å². The standard InChI is InChI=1S/C22H30N4O3SSi/c1-15(29-31(5,6)22(2,3)4)21-25-24-19(30-21)12-13-23-20(27)17-14-18(28-26-17)16-10-8-7-9-11-16/h7-11,14-15H,12-13H2,1-6H3,(H,23,27)/t15-/m1/s1. The van der Waals surface area contributed by atoms with E-state index in [9.17, 15) is 4.79 Å². The second-order valence-corrected chi connectivity index (χ2v) is 14.9. The number of benzene rings is 1. The lowest BCUT2D eigenvalue weighted by Crippen LogP contribution is -2.41. The average Bonchev–Trinajstić information content (AvgIpc) is 3.37. The molecule has 7 nitrogen and oxygen atoms in total. The van der Waals surface area contributed by atoms with Crippen molar-refractivity contribution in [2.24, 2.45) is 0 Å². The van der Waals surface area contributed by atoms with Crippen LogP contribution in [0, 0.1) is 0 Å². The maximum atomic E-state index is 12.4. The average molecular weight is 459 g/mol. The predicted molar refractivity (Wildman–Crippen MR) is 125 cm³/mol. The Morgan fingerprint density at radius 2 is 1.94 bits per heavy atom. The van der Waals surface area contributed by atoms with Crippen molar-refractivity contribution in [3.8, 4) is 11.3 Å². The number of hydrogen-bond acceptors (Lipinski definition) is 7. The Bertz CT molecular complexity index is 1010. The van der Waals surface area contributed by atoms with Crippen LogP contribution in [0.1, 0.15) is 54.3 Å². The molecule has 0 unspecified atom stereocenters. The predicted octanol–water partition coefficient (Wildman–Crippen LogP) is 5.25. The summed E-state index contributed by atoms with van der Waals surface area (Å²) in [5.41, 5.74) is 1.14. The fourth-order valence-corrected chi connectivity index (χ4v) is 4.95. The van der Waals surface area contributed by atoms with Crippen LogP contribution in [0.25, 0.3) is 11.3 Å². The Morgan fingerprint density at radius 3 is 2.61 bits per heavy atom. The summed E-state index contributed by atoms with van der Waals surface area (Å²) in [5, 5.41) is 17.2. The smallest absolute Gasteiger partial charge is 0.273 e. The van der Waals surface area contributed by atoms with Crippen LogP contribution in [0.15, 0.2) is 40.9 Å². The highest BCUT2D eigenvalue weighted by molar-refractivity contribution is 7.11. The molecule has 0 aliphatic rings. The van der Waals surface area contributed by atoms with Crippen LogP contribution in [0.5, 0.6) is 0 Å². The summed E-state index contributed by atoms with van der Waals surface area (Å²) in [4.78, 5) is 12.4. The van der Waals surface area contributed by atoms with Gasteiger partial charge in [0.15, 0.2) is 19.8 Å². The van der Waals surface area contributed by atoms with Gasteiger partial charge in [-0.05, 0) is 25.1 Å². The molecule has 0 radical (unpaired) electrons. The summed E-state index contributed by atoms with van der Waals surface area (Å²) >= 11 is 1.53. The van der Waals surface area contributed by atoms with Crippen molar-refractivity contribution in [1.82, 2.24) is 20.7 Å². The lowest BCUT2D eigenvalue weighted by Gasteiger charge is -2.37. The molecule has 1 N–H and O–H groups in total. The molecule has 0 aliphatic carbocycles. The molecule has 0 fully saturated rings. The second kappa shape index (κ2) is 9.42. The quantitative estimate of drug-likeness (QED) is 0.464. The third-order valence-corrected chi connectivity index (χ3v) is 11.2. The number of rotatable bonds is 8. The molecule has 2 heterocycles. The number of hydrogen-bond donors (Lipinski definition) is 1. The highest BCUT2D eigenvalue weighted by Gasteiger charge is 2.39. The third-order valence-electron chi connectivity index (χ3n) is 5.53. The van der Waals surface area contributed by atoms with E-state index in [-0.39, 0.29) is 22.7 Å². The molecule has 0 aliphatic heterocycles. The van der Waals surface area contributed by atoms with E-state index in [2.05, 4.69) is 54.5 Å². The van der Waals surface area contributed by atoms with Gasteiger partial charge in [0.25, 0.3) is 5.91 Å². The summed E-state index contributed by atoms with van der Waals surface area (Å²) in [6.07, 6.45) is 0.507. The normalized spacial score (nSPS) is 13.2. The summed E-state index contributed by atoms with van der Waals surface area (Å²) in [7, 11) is -1.88. The molecule has 2 aromatic heterocycles. The minimum atomic E-state index is -1.88. The summed E-state index contributed by atoms with van der Waals surface area (Å²) < 4.78 is 11.7. The Labute approximate surface area is 188 Å². The highest BCUT2D eigenvalue weighted by Crippen LogP contribution is 2.39. The van der Waals surface area contributed by atoms with Gasteiger partial charge < -0.3 is 14.3 Å². The third kappa shape index (κ3) is 5.87. The minimum absolute atomic E-state index is 0.0896. The lowest BCUT2D eigenvalue weighted by atomic mass is 10.1. The van der Waals surface area contributed by atoms with Gasteiger partial charge in [-0.3, -0.25) is 4.79 Å². The lowest BCUT2D eigenvalue weighted by molar-refractivity contribution is 0.0945. The largest absolute Gasteiger partial charge is 0.408 e. The number of amides is 1. The summed E-state index contributed by atoms with van der Waals surface area (Å²) in [5.74, 6) is 0.292. The highest BCUT2D eigenvalue weighted by atomic mass is 32.1. The van der Waals surface area contributed by atoms with E-state index in [0.29, 0.717) is 18.7 Å². The van der Waals surface area contributed by atoms with Gasteiger partial charge in [0.05, 0.1) is 6.10 Å². The van der Waals surface area contributed by atoms with E-state index in [4.69, 9.17) is 8.95 Å². The Kier molecular flexibility index (Phi) is 7.08. The molecule has 0 saturated heterocycles. The number of aromatic nitrogens is 3. The minimum Gasteiger partial charge on any atom is -0.408 e. The van der Waals surface area contributed by atoms with Crippen molar-refractivity contribution in [2.45, 2.75) is 58.4 Å². The van der Waals surface area contributed by atoms with Gasteiger partial charge in [-0.2, -0.15) is 0 Å². The van der Waals surface area contributed by atoms with Gasteiger partial charge in [0, 0.05) is 24.6 Å². The van der Waals surface area contributed by atoms with Crippen LogP contribution in [-0.2, 0) is 10.8 Å².